The van der Waals surface area contributed by atoms with Crippen molar-refractivity contribution in [3.05, 3.63) is 0 Å². The maximum absolute atomic E-state index is 6.06. The zero-order valence-corrected chi connectivity index (χ0v) is 11.2. The van der Waals surface area contributed by atoms with E-state index < -0.39 is 0 Å². The summed E-state index contributed by atoms with van der Waals surface area (Å²) in [4.78, 5) is 0. The first-order valence-corrected chi connectivity index (χ1v) is 8.18. The number of hydrogen-bond acceptors (Lipinski definition) is 2. The van der Waals surface area contributed by atoms with E-state index in [9.17, 15) is 0 Å². The monoisotopic (exact) mass is 239 g/mol. The van der Waals surface area contributed by atoms with Gasteiger partial charge in [0, 0.05) is 17.0 Å². The molecule has 1 atom stereocenters. The van der Waals surface area contributed by atoms with Crippen LogP contribution in [0, 0.1) is 23.7 Å². The molecular formula is C14H25NS. The molecule has 0 aromatic rings. The summed E-state index contributed by atoms with van der Waals surface area (Å²) in [5, 5.41) is 0.977. The van der Waals surface area contributed by atoms with Crippen LogP contribution >= 0.6 is 11.8 Å². The van der Waals surface area contributed by atoms with Gasteiger partial charge in [-0.1, -0.05) is 6.92 Å². The number of hydrogen-bond donors (Lipinski definition) is 1. The van der Waals surface area contributed by atoms with Crippen molar-refractivity contribution in [3.63, 3.8) is 0 Å². The van der Waals surface area contributed by atoms with Crippen LogP contribution in [-0.4, -0.2) is 17.0 Å². The topological polar surface area (TPSA) is 26.0 Å². The van der Waals surface area contributed by atoms with E-state index in [0.29, 0.717) is 6.04 Å². The third kappa shape index (κ3) is 2.03. The van der Waals surface area contributed by atoms with Gasteiger partial charge in [0.1, 0.15) is 0 Å². The maximum atomic E-state index is 6.06. The maximum Gasteiger partial charge on any atom is 0.0127 e. The first-order valence-electron chi connectivity index (χ1n) is 7.13. The summed E-state index contributed by atoms with van der Waals surface area (Å²) in [6.07, 6.45) is 8.90. The summed E-state index contributed by atoms with van der Waals surface area (Å²) in [6, 6.07) is 0.433. The van der Waals surface area contributed by atoms with Crippen LogP contribution in [0.15, 0.2) is 0 Å². The first kappa shape index (κ1) is 11.4. The Morgan fingerprint density at radius 2 is 1.62 bits per heavy atom. The summed E-state index contributed by atoms with van der Waals surface area (Å²) >= 11 is 2.22. The summed E-state index contributed by atoms with van der Waals surface area (Å²) < 4.78 is 0. The summed E-state index contributed by atoms with van der Waals surface area (Å²) in [7, 11) is 0. The molecule has 0 saturated heterocycles. The molecule has 4 saturated carbocycles. The van der Waals surface area contributed by atoms with Crippen molar-refractivity contribution in [2.75, 3.05) is 5.75 Å². The molecule has 4 aliphatic rings. The highest BCUT2D eigenvalue weighted by Gasteiger charge is 2.48. The minimum atomic E-state index is 0.433. The normalized spacial score (nSPS) is 47.2. The Morgan fingerprint density at radius 3 is 2.12 bits per heavy atom. The molecule has 92 valence electrons. The number of rotatable bonds is 4. The third-order valence-corrected chi connectivity index (χ3v) is 6.94. The van der Waals surface area contributed by atoms with Gasteiger partial charge >= 0.3 is 0 Å². The molecule has 0 amide bonds. The fourth-order valence-electron chi connectivity index (χ4n) is 4.50. The van der Waals surface area contributed by atoms with Crippen LogP contribution in [0.5, 0.6) is 0 Å². The SMILES string of the molecule is CCC(N)CSC1C2CC3CC(C2)CC1C3. The highest BCUT2D eigenvalue weighted by Crippen LogP contribution is 2.57. The Labute approximate surface area is 104 Å². The minimum Gasteiger partial charge on any atom is -0.327 e. The molecule has 0 aromatic carbocycles. The van der Waals surface area contributed by atoms with E-state index in [-0.39, 0.29) is 0 Å². The second-order valence-electron chi connectivity index (χ2n) is 6.40. The lowest BCUT2D eigenvalue weighted by Crippen LogP contribution is -2.47. The van der Waals surface area contributed by atoms with Gasteiger partial charge in [0.05, 0.1) is 0 Å². The predicted octanol–water partition coefficient (Wildman–Crippen LogP) is 3.28. The van der Waals surface area contributed by atoms with Crippen LogP contribution in [0.1, 0.15) is 45.4 Å². The number of thioether (sulfide) groups is 1. The lowest BCUT2D eigenvalue weighted by Gasteiger charge is -2.54. The zero-order valence-electron chi connectivity index (χ0n) is 10.4. The largest absolute Gasteiger partial charge is 0.327 e. The van der Waals surface area contributed by atoms with Gasteiger partial charge in [-0.3, -0.25) is 0 Å². The van der Waals surface area contributed by atoms with E-state index >= 15 is 0 Å². The molecular weight excluding hydrogens is 214 g/mol. The molecule has 4 aliphatic carbocycles. The average Bonchev–Trinajstić information content (AvgIpc) is 2.26. The van der Waals surface area contributed by atoms with Gasteiger partial charge in [-0.05, 0) is 62.2 Å². The van der Waals surface area contributed by atoms with Crippen molar-refractivity contribution < 1.29 is 0 Å². The molecule has 4 bridgehead atoms. The molecule has 0 aliphatic heterocycles. The summed E-state index contributed by atoms with van der Waals surface area (Å²) in [6.45, 7) is 2.21. The first-order chi connectivity index (χ1) is 7.76. The van der Waals surface area contributed by atoms with Gasteiger partial charge in [-0.25, -0.2) is 0 Å². The Balaban J connectivity index is 1.59. The van der Waals surface area contributed by atoms with Crippen molar-refractivity contribution in [1.29, 1.82) is 0 Å². The molecule has 16 heavy (non-hydrogen) atoms. The van der Waals surface area contributed by atoms with E-state index in [4.69, 9.17) is 5.73 Å². The quantitative estimate of drug-likeness (QED) is 0.815. The second kappa shape index (κ2) is 4.53. The van der Waals surface area contributed by atoms with E-state index in [1.54, 1.807) is 32.1 Å². The highest BCUT2D eigenvalue weighted by atomic mass is 32.2. The molecule has 0 radical (unpaired) electrons. The summed E-state index contributed by atoms with van der Waals surface area (Å²) in [5.41, 5.74) is 6.06. The highest BCUT2D eigenvalue weighted by molar-refractivity contribution is 8.00. The van der Waals surface area contributed by atoms with Gasteiger partial charge in [0.2, 0.25) is 0 Å². The molecule has 4 rings (SSSR count). The van der Waals surface area contributed by atoms with Crippen molar-refractivity contribution in [3.8, 4) is 0 Å². The van der Waals surface area contributed by atoms with Gasteiger partial charge < -0.3 is 5.73 Å². The molecule has 0 heterocycles. The minimum absolute atomic E-state index is 0.433. The van der Waals surface area contributed by atoms with Crippen LogP contribution in [0.25, 0.3) is 0 Å². The smallest absolute Gasteiger partial charge is 0.0127 e. The molecule has 4 fully saturated rings. The van der Waals surface area contributed by atoms with E-state index in [2.05, 4.69) is 18.7 Å². The van der Waals surface area contributed by atoms with E-state index in [1.165, 1.54) is 5.75 Å². The lowest BCUT2D eigenvalue weighted by atomic mass is 9.56. The van der Waals surface area contributed by atoms with Crippen molar-refractivity contribution >= 4 is 11.8 Å². The fourth-order valence-corrected chi connectivity index (χ4v) is 6.19. The van der Waals surface area contributed by atoms with Gasteiger partial charge in [-0.2, -0.15) is 11.8 Å². The number of nitrogens with two attached hydrogens (primary N) is 1. The Morgan fingerprint density at radius 1 is 1.06 bits per heavy atom. The average molecular weight is 239 g/mol. The van der Waals surface area contributed by atoms with Crippen LogP contribution in [-0.2, 0) is 0 Å². The van der Waals surface area contributed by atoms with Crippen molar-refractivity contribution in [2.45, 2.75) is 56.7 Å². The van der Waals surface area contributed by atoms with Crippen LogP contribution in [0.4, 0.5) is 0 Å². The third-order valence-electron chi connectivity index (χ3n) is 5.17. The van der Waals surface area contributed by atoms with Gasteiger partial charge in [0.15, 0.2) is 0 Å². The van der Waals surface area contributed by atoms with E-state index in [0.717, 1.165) is 35.3 Å². The molecule has 2 N–H and O–H groups in total. The molecule has 0 spiro atoms. The predicted molar refractivity (Wildman–Crippen MR) is 71.6 cm³/mol. The van der Waals surface area contributed by atoms with Crippen LogP contribution in [0.3, 0.4) is 0 Å². The van der Waals surface area contributed by atoms with Gasteiger partial charge in [-0.15, -0.1) is 0 Å². The molecule has 1 unspecified atom stereocenters. The standard InChI is InChI=1S/C14H25NS/c1-2-13(15)8-16-14-11-4-9-3-10(6-11)7-12(14)5-9/h9-14H,2-8,15H2,1H3. The summed E-state index contributed by atoms with van der Waals surface area (Å²) in [5.74, 6) is 5.54. The lowest BCUT2D eigenvalue weighted by molar-refractivity contribution is 0.0267. The van der Waals surface area contributed by atoms with Crippen molar-refractivity contribution in [2.24, 2.45) is 29.4 Å². The molecule has 1 nitrogen and oxygen atoms in total. The Hall–Kier alpha value is 0.310. The Kier molecular flexibility index (Phi) is 3.23. The van der Waals surface area contributed by atoms with Crippen LogP contribution < -0.4 is 5.73 Å². The van der Waals surface area contributed by atoms with Crippen LogP contribution in [0.2, 0.25) is 0 Å². The Bertz CT molecular complexity index is 225. The van der Waals surface area contributed by atoms with Crippen molar-refractivity contribution in [1.82, 2.24) is 0 Å². The zero-order chi connectivity index (χ0) is 11.1. The fraction of sp³-hybridized carbons (Fsp3) is 1.00. The molecule has 2 heteroatoms. The van der Waals surface area contributed by atoms with E-state index in [1.807, 2.05) is 0 Å². The molecule has 0 aromatic heterocycles. The second-order valence-corrected chi connectivity index (χ2v) is 7.61. The van der Waals surface area contributed by atoms with Gasteiger partial charge in [0.25, 0.3) is 0 Å².